The van der Waals surface area contributed by atoms with Crippen LogP contribution in [0.5, 0.6) is 0 Å². The van der Waals surface area contributed by atoms with Crippen molar-refractivity contribution in [3.63, 3.8) is 0 Å². The van der Waals surface area contributed by atoms with E-state index in [1.165, 1.54) is 12.1 Å². The van der Waals surface area contributed by atoms with Crippen molar-refractivity contribution in [2.24, 2.45) is 0 Å². The molecule has 4 rings (SSSR count). The second-order valence-electron chi connectivity index (χ2n) is 7.18. The number of imide groups is 1. The van der Waals surface area contributed by atoms with Crippen LogP contribution in [0.15, 0.2) is 84.9 Å². The van der Waals surface area contributed by atoms with Gasteiger partial charge in [-0.1, -0.05) is 72.8 Å². The standard InChI is InChI=1S/C23H19N3O4/c27-21-23(19-11-5-2-6-12-19,15-17-8-3-1-4-9-17)24-22(28)25(21)16-18-10-7-13-20(14-18)26(29)30/h1-14H,15-16H2,(H,24,28). The first kappa shape index (κ1) is 19.3. The summed E-state index contributed by atoms with van der Waals surface area (Å²) in [6, 6.07) is 24.0. The highest BCUT2D eigenvalue weighted by molar-refractivity contribution is 6.07. The average Bonchev–Trinajstić information content (AvgIpc) is 3.00. The van der Waals surface area contributed by atoms with Crippen molar-refractivity contribution in [3.05, 3.63) is 112 Å². The van der Waals surface area contributed by atoms with Gasteiger partial charge in [0.1, 0.15) is 0 Å². The molecule has 1 heterocycles. The first-order valence-corrected chi connectivity index (χ1v) is 9.46. The quantitative estimate of drug-likeness (QED) is 0.386. The fourth-order valence-corrected chi connectivity index (χ4v) is 3.76. The molecule has 1 aliphatic rings. The van der Waals surface area contributed by atoms with Crippen molar-refractivity contribution in [3.8, 4) is 0 Å². The van der Waals surface area contributed by atoms with Crippen molar-refractivity contribution in [1.82, 2.24) is 10.2 Å². The molecule has 1 saturated heterocycles. The molecule has 0 saturated carbocycles. The van der Waals surface area contributed by atoms with Crippen LogP contribution in [0.2, 0.25) is 0 Å². The molecule has 0 aliphatic carbocycles. The molecule has 0 spiro atoms. The molecule has 3 aromatic carbocycles. The first-order chi connectivity index (χ1) is 14.5. The summed E-state index contributed by atoms with van der Waals surface area (Å²) in [6.07, 6.45) is 0.299. The Labute approximate surface area is 173 Å². The van der Waals surface area contributed by atoms with Gasteiger partial charge >= 0.3 is 6.03 Å². The van der Waals surface area contributed by atoms with Crippen LogP contribution in [0.1, 0.15) is 16.7 Å². The zero-order chi connectivity index (χ0) is 21.1. The zero-order valence-corrected chi connectivity index (χ0v) is 16.0. The van der Waals surface area contributed by atoms with E-state index < -0.39 is 16.5 Å². The van der Waals surface area contributed by atoms with Crippen LogP contribution < -0.4 is 5.32 Å². The lowest BCUT2D eigenvalue weighted by Gasteiger charge is -2.27. The van der Waals surface area contributed by atoms with Gasteiger partial charge < -0.3 is 5.32 Å². The Morgan fingerprint density at radius 2 is 1.50 bits per heavy atom. The van der Waals surface area contributed by atoms with E-state index >= 15 is 0 Å². The summed E-state index contributed by atoms with van der Waals surface area (Å²) >= 11 is 0. The van der Waals surface area contributed by atoms with Crippen molar-refractivity contribution >= 4 is 17.6 Å². The van der Waals surface area contributed by atoms with Crippen LogP contribution in [0, 0.1) is 10.1 Å². The van der Waals surface area contributed by atoms with Crippen LogP contribution in [-0.4, -0.2) is 21.8 Å². The summed E-state index contributed by atoms with van der Waals surface area (Å²) in [5, 5.41) is 13.9. The number of carbonyl (C=O) groups excluding carboxylic acids is 2. The van der Waals surface area contributed by atoms with Crippen molar-refractivity contribution in [2.45, 2.75) is 18.5 Å². The van der Waals surface area contributed by atoms with Crippen LogP contribution in [0.3, 0.4) is 0 Å². The highest BCUT2D eigenvalue weighted by Gasteiger charge is 2.52. The number of benzene rings is 3. The summed E-state index contributed by atoms with van der Waals surface area (Å²) in [4.78, 5) is 38.1. The van der Waals surface area contributed by atoms with Gasteiger partial charge in [-0.3, -0.25) is 19.8 Å². The zero-order valence-electron chi connectivity index (χ0n) is 16.0. The fourth-order valence-electron chi connectivity index (χ4n) is 3.76. The molecule has 7 nitrogen and oxygen atoms in total. The van der Waals surface area contributed by atoms with E-state index in [-0.39, 0.29) is 18.1 Å². The lowest BCUT2D eigenvalue weighted by molar-refractivity contribution is -0.384. The monoisotopic (exact) mass is 401 g/mol. The van der Waals surface area contributed by atoms with Crippen molar-refractivity contribution < 1.29 is 14.5 Å². The van der Waals surface area contributed by atoms with Gasteiger partial charge in [-0.25, -0.2) is 4.79 Å². The second kappa shape index (κ2) is 7.79. The summed E-state index contributed by atoms with van der Waals surface area (Å²) in [7, 11) is 0. The molecule has 1 N–H and O–H groups in total. The van der Waals surface area contributed by atoms with Crippen LogP contribution in [0.4, 0.5) is 10.5 Å². The van der Waals surface area contributed by atoms with E-state index in [0.717, 1.165) is 10.5 Å². The summed E-state index contributed by atoms with van der Waals surface area (Å²) in [5.41, 5.74) is 0.788. The minimum absolute atomic E-state index is 0.0459. The van der Waals surface area contributed by atoms with Crippen LogP contribution >= 0.6 is 0 Å². The Balaban J connectivity index is 1.70. The number of nitrogens with zero attached hydrogens (tertiary/aromatic N) is 2. The molecule has 1 atom stereocenters. The number of carbonyl (C=O) groups is 2. The molecule has 0 radical (unpaired) electrons. The predicted molar refractivity (Wildman–Crippen MR) is 110 cm³/mol. The number of urea groups is 1. The highest BCUT2D eigenvalue weighted by Crippen LogP contribution is 2.34. The molecule has 1 unspecified atom stereocenters. The van der Waals surface area contributed by atoms with Gasteiger partial charge in [0.05, 0.1) is 11.5 Å². The van der Waals surface area contributed by atoms with Gasteiger partial charge in [-0.2, -0.15) is 0 Å². The normalized spacial score (nSPS) is 18.3. The number of non-ortho nitro benzene ring substituents is 1. The third-order valence-electron chi connectivity index (χ3n) is 5.22. The lowest BCUT2D eigenvalue weighted by Crippen LogP contribution is -2.46. The maximum Gasteiger partial charge on any atom is 0.325 e. The molecule has 150 valence electrons. The number of hydrogen-bond donors (Lipinski definition) is 1. The third kappa shape index (κ3) is 3.53. The predicted octanol–water partition coefficient (Wildman–Crippen LogP) is 3.78. The van der Waals surface area contributed by atoms with E-state index in [0.29, 0.717) is 17.5 Å². The maximum absolute atomic E-state index is 13.6. The minimum atomic E-state index is -1.24. The summed E-state index contributed by atoms with van der Waals surface area (Å²) in [6.45, 7) is -0.0459. The second-order valence-corrected chi connectivity index (χ2v) is 7.18. The van der Waals surface area contributed by atoms with Crippen LogP contribution in [0.25, 0.3) is 0 Å². The van der Waals surface area contributed by atoms with Gasteiger partial charge in [-0.15, -0.1) is 0 Å². The van der Waals surface area contributed by atoms with E-state index in [2.05, 4.69) is 5.32 Å². The Hall–Kier alpha value is -4.00. The SMILES string of the molecule is O=C1NC(Cc2ccccc2)(c2ccccc2)C(=O)N1Cc1cccc([N+](=O)[O-])c1. The molecule has 1 aliphatic heterocycles. The number of nitro benzene ring substituents is 1. The Bertz CT molecular complexity index is 1100. The van der Waals surface area contributed by atoms with Crippen molar-refractivity contribution in [1.29, 1.82) is 0 Å². The van der Waals surface area contributed by atoms with E-state index in [1.54, 1.807) is 12.1 Å². The average molecular weight is 401 g/mol. The molecule has 30 heavy (non-hydrogen) atoms. The number of rotatable bonds is 6. The Kier molecular flexibility index (Phi) is 5.02. The molecule has 0 aromatic heterocycles. The Morgan fingerprint density at radius 3 is 2.17 bits per heavy atom. The molecular weight excluding hydrogens is 382 g/mol. The lowest BCUT2D eigenvalue weighted by atomic mass is 9.83. The molecule has 0 bridgehead atoms. The van der Waals surface area contributed by atoms with Gasteiger partial charge in [0.25, 0.3) is 11.6 Å². The third-order valence-corrected chi connectivity index (χ3v) is 5.22. The van der Waals surface area contributed by atoms with Gasteiger partial charge in [0, 0.05) is 18.6 Å². The Morgan fingerprint density at radius 1 is 0.867 bits per heavy atom. The molecular formula is C23H19N3O4. The van der Waals surface area contributed by atoms with E-state index in [1.807, 2.05) is 60.7 Å². The largest absolute Gasteiger partial charge is 0.325 e. The number of amides is 3. The highest BCUT2D eigenvalue weighted by atomic mass is 16.6. The topological polar surface area (TPSA) is 92.6 Å². The smallest absolute Gasteiger partial charge is 0.319 e. The van der Waals surface area contributed by atoms with E-state index in [4.69, 9.17) is 0 Å². The van der Waals surface area contributed by atoms with Crippen molar-refractivity contribution in [2.75, 3.05) is 0 Å². The first-order valence-electron chi connectivity index (χ1n) is 9.46. The minimum Gasteiger partial charge on any atom is -0.319 e. The maximum atomic E-state index is 13.6. The van der Waals surface area contributed by atoms with Crippen LogP contribution in [-0.2, 0) is 23.3 Å². The molecule has 3 aromatic rings. The van der Waals surface area contributed by atoms with E-state index in [9.17, 15) is 19.7 Å². The number of nitrogens with one attached hydrogen (secondary N) is 1. The summed E-state index contributed by atoms with van der Waals surface area (Å²) in [5.74, 6) is -0.381. The summed E-state index contributed by atoms with van der Waals surface area (Å²) < 4.78 is 0. The number of hydrogen-bond acceptors (Lipinski definition) is 4. The number of nitro groups is 1. The van der Waals surface area contributed by atoms with Gasteiger partial charge in [0.2, 0.25) is 0 Å². The van der Waals surface area contributed by atoms with Gasteiger partial charge in [0.15, 0.2) is 5.54 Å². The molecule has 1 fully saturated rings. The van der Waals surface area contributed by atoms with Gasteiger partial charge in [-0.05, 0) is 16.7 Å². The molecule has 7 heteroatoms. The fraction of sp³-hybridized carbons (Fsp3) is 0.130. The molecule has 3 amide bonds.